The maximum Gasteiger partial charge on any atom is 0.227 e. The van der Waals surface area contributed by atoms with Crippen LogP contribution in [0.4, 0.5) is 5.82 Å². The molecule has 3 heterocycles. The second-order valence-corrected chi connectivity index (χ2v) is 5.94. The van der Waals surface area contributed by atoms with E-state index in [-0.39, 0.29) is 5.91 Å². The van der Waals surface area contributed by atoms with Gasteiger partial charge in [-0.3, -0.25) is 9.89 Å². The molecule has 0 saturated carbocycles. The Labute approximate surface area is 133 Å². The molecule has 0 spiro atoms. The highest BCUT2D eigenvalue weighted by molar-refractivity contribution is 5.99. The van der Waals surface area contributed by atoms with E-state index in [1.54, 1.807) is 10.9 Å². The summed E-state index contributed by atoms with van der Waals surface area (Å²) in [5, 5.41) is 15.1. The first-order valence-corrected chi connectivity index (χ1v) is 7.66. The standard InChI is InChI=1S/C15H21N7O/c1-9(2)14-16-6-8-22(14)7-5-11(23)17-13-12-10(3)20-21(4)15(12)19-18-13/h6,8-9H,5,7H2,1-4H3,(H2,17,18,19,23). The van der Waals surface area contributed by atoms with Gasteiger partial charge in [0.05, 0.1) is 11.1 Å². The van der Waals surface area contributed by atoms with E-state index < -0.39 is 0 Å². The van der Waals surface area contributed by atoms with Crippen LogP contribution in [0.2, 0.25) is 0 Å². The van der Waals surface area contributed by atoms with Crippen LogP contribution >= 0.6 is 0 Å². The predicted octanol–water partition coefficient (Wildman–Crippen LogP) is 1.95. The molecule has 0 aliphatic carbocycles. The van der Waals surface area contributed by atoms with Crippen LogP contribution in [0.3, 0.4) is 0 Å². The lowest BCUT2D eigenvalue weighted by Crippen LogP contribution is -2.16. The molecule has 0 saturated heterocycles. The third-order valence-electron chi connectivity index (χ3n) is 3.82. The maximum absolute atomic E-state index is 12.2. The van der Waals surface area contributed by atoms with E-state index in [0.29, 0.717) is 24.7 Å². The molecule has 2 N–H and O–H groups in total. The summed E-state index contributed by atoms with van der Waals surface area (Å²) in [6.45, 7) is 6.67. The molecule has 0 aliphatic rings. The zero-order valence-corrected chi connectivity index (χ0v) is 13.8. The van der Waals surface area contributed by atoms with E-state index in [1.807, 2.05) is 24.7 Å². The highest BCUT2D eigenvalue weighted by Gasteiger charge is 2.16. The Kier molecular flexibility index (Phi) is 3.89. The molecule has 122 valence electrons. The van der Waals surface area contributed by atoms with Crippen LogP contribution in [0, 0.1) is 6.92 Å². The average Bonchev–Trinajstić information content (AvgIpc) is 3.16. The van der Waals surface area contributed by atoms with Crippen molar-refractivity contribution < 1.29 is 4.79 Å². The number of carbonyl (C=O) groups is 1. The van der Waals surface area contributed by atoms with Gasteiger partial charge in [0.1, 0.15) is 11.6 Å². The van der Waals surface area contributed by atoms with Crippen LogP contribution < -0.4 is 5.32 Å². The summed E-state index contributed by atoms with van der Waals surface area (Å²) in [5.41, 5.74) is 1.57. The van der Waals surface area contributed by atoms with Crippen LogP contribution in [0.1, 0.15) is 37.7 Å². The van der Waals surface area contributed by atoms with Gasteiger partial charge in [-0.05, 0) is 6.92 Å². The van der Waals surface area contributed by atoms with Crippen molar-refractivity contribution in [3.63, 3.8) is 0 Å². The first-order chi connectivity index (χ1) is 11.0. The molecule has 3 aromatic heterocycles. The van der Waals surface area contributed by atoms with Crippen LogP contribution in [-0.4, -0.2) is 35.4 Å². The molecule has 8 nitrogen and oxygen atoms in total. The fourth-order valence-electron chi connectivity index (χ4n) is 2.76. The number of nitrogens with one attached hydrogen (secondary N) is 2. The van der Waals surface area contributed by atoms with Gasteiger partial charge in [0.25, 0.3) is 0 Å². The number of hydrogen-bond acceptors (Lipinski definition) is 4. The van der Waals surface area contributed by atoms with Crippen molar-refractivity contribution >= 4 is 22.8 Å². The highest BCUT2D eigenvalue weighted by Crippen LogP contribution is 2.23. The van der Waals surface area contributed by atoms with E-state index in [4.69, 9.17) is 0 Å². The number of anilines is 1. The van der Waals surface area contributed by atoms with Gasteiger partial charge in [-0.2, -0.15) is 10.2 Å². The van der Waals surface area contributed by atoms with Crippen molar-refractivity contribution in [3.05, 3.63) is 23.9 Å². The molecule has 0 unspecified atom stereocenters. The zero-order valence-electron chi connectivity index (χ0n) is 13.8. The summed E-state index contributed by atoms with van der Waals surface area (Å²) < 4.78 is 3.71. The molecular formula is C15H21N7O. The Balaban J connectivity index is 1.68. The topological polar surface area (TPSA) is 93.4 Å². The van der Waals surface area contributed by atoms with Crippen molar-refractivity contribution in [2.75, 3.05) is 5.32 Å². The quantitative estimate of drug-likeness (QED) is 0.752. The Morgan fingerprint density at radius 1 is 1.43 bits per heavy atom. The van der Waals surface area contributed by atoms with E-state index in [1.165, 1.54) is 0 Å². The normalized spacial score (nSPS) is 11.5. The maximum atomic E-state index is 12.2. The van der Waals surface area contributed by atoms with Gasteiger partial charge in [0, 0.05) is 38.3 Å². The molecule has 3 aromatic rings. The van der Waals surface area contributed by atoms with E-state index >= 15 is 0 Å². The van der Waals surface area contributed by atoms with E-state index in [9.17, 15) is 4.79 Å². The van der Waals surface area contributed by atoms with Crippen molar-refractivity contribution in [2.45, 2.75) is 39.7 Å². The van der Waals surface area contributed by atoms with Gasteiger partial charge in [-0.25, -0.2) is 9.67 Å². The minimum atomic E-state index is -0.0674. The number of H-pyrrole nitrogens is 1. The molecule has 0 atom stereocenters. The number of rotatable bonds is 5. The molecule has 0 bridgehead atoms. The number of carbonyl (C=O) groups excluding carboxylic acids is 1. The van der Waals surface area contributed by atoms with Gasteiger partial charge in [-0.15, -0.1) is 0 Å². The van der Waals surface area contributed by atoms with Crippen molar-refractivity contribution in [1.82, 2.24) is 29.5 Å². The number of nitrogens with zero attached hydrogens (tertiary/aromatic N) is 5. The molecule has 0 fully saturated rings. The lowest BCUT2D eigenvalue weighted by atomic mass is 10.2. The second kappa shape index (κ2) is 5.86. The SMILES string of the molecule is Cc1nn(C)c2n[nH]c(NC(=O)CCn3ccnc3C(C)C)c12. The van der Waals surface area contributed by atoms with E-state index in [2.05, 4.69) is 39.4 Å². The third-order valence-corrected chi connectivity index (χ3v) is 3.82. The van der Waals surface area contributed by atoms with Gasteiger partial charge < -0.3 is 9.88 Å². The molecule has 3 rings (SSSR count). The first kappa shape index (κ1) is 15.3. The smallest absolute Gasteiger partial charge is 0.227 e. The Morgan fingerprint density at radius 3 is 2.96 bits per heavy atom. The Hall–Kier alpha value is -2.64. The molecule has 0 aromatic carbocycles. The number of amides is 1. The number of aromatic nitrogens is 6. The summed E-state index contributed by atoms with van der Waals surface area (Å²) >= 11 is 0. The summed E-state index contributed by atoms with van der Waals surface area (Å²) in [5.74, 6) is 1.86. The van der Waals surface area contributed by atoms with Crippen molar-refractivity contribution in [1.29, 1.82) is 0 Å². The van der Waals surface area contributed by atoms with Gasteiger partial charge >= 0.3 is 0 Å². The lowest BCUT2D eigenvalue weighted by Gasteiger charge is -2.10. The fourth-order valence-corrected chi connectivity index (χ4v) is 2.76. The second-order valence-electron chi connectivity index (χ2n) is 5.94. The summed E-state index contributed by atoms with van der Waals surface area (Å²) in [4.78, 5) is 16.6. The molecule has 23 heavy (non-hydrogen) atoms. The number of hydrogen-bond donors (Lipinski definition) is 2. The highest BCUT2D eigenvalue weighted by atomic mass is 16.1. The molecule has 8 heteroatoms. The molecule has 1 amide bonds. The zero-order chi connectivity index (χ0) is 16.6. The number of imidazole rings is 1. The van der Waals surface area contributed by atoms with Crippen molar-refractivity contribution in [2.24, 2.45) is 7.05 Å². The monoisotopic (exact) mass is 315 g/mol. The summed E-state index contributed by atoms with van der Waals surface area (Å²) in [7, 11) is 1.83. The molecule has 0 aliphatic heterocycles. The molecule has 0 radical (unpaired) electrons. The lowest BCUT2D eigenvalue weighted by molar-refractivity contribution is -0.116. The van der Waals surface area contributed by atoms with Crippen LogP contribution in [0.15, 0.2) is 12.4 Å². The Morgan fingerprint density at radius 2 is 2.22 bits per heavy atom. The minimum absolute atomic E-state index is 0.0674. The number of aryl methyl sites for hydroxylation is 3. The number of fused-ring (bicyclic) bond motifs is 1. The van der Waals surface area contributed by atoms with Gasteiger partial charge in [0.15, 0.2) is 5.65 Å². The van der Waals surface area contributed by atoms with Gasteiger partial charge in [-0.1, -0.05) is 13.8 Å². The minimum Gasteiger partial charge on any atom is -0.334 e. The van der Waals surface area contributed by atoms with E-state index in [0.717, 1.165) is 22.6 Å². The summed E-state index contributed by atoms with van der Waals surface area (Å²) in [6.07, 6.45) is 4.04. The first-order valence-electron chi connectivity index (χ1n) is 7.66. The van der Waals surface area contributed by atoms with Crippen LogP contribution in [-0.2, 0) is 18.4 Å². The van der Waals surface area contributed by atoms with Crippen LogP contribution in [0.25, 0.3) is 11.0 Å². The average molecular weight is 315 g/mol. The number of aromatic amines is 1. The van der Waals surface area contributed by atoms with Crippen molar-refractivity contribution in [3.8, 4) is 0 Å². The molecular weight excluding hydrogens is 294 g/mol. The largest absolute Gasteiger partial charge is 0.334 e. The predicted molar refractivity (Wildman–Crippen MR) is 87.2 cm³/mol. The van der Waals surface area contributed by atoms with Gasteiger partial charge in [0.2, 0.25) is 5.91 Å². The Bertz CT molecular complexity index is 839. The third kappa shape index (κ3) is 2.84. The van der Waals surface area contributed by atoms with Crippen LogP contribution in [0.5, 0.6) is 0 Å². The fraction of sp³-hybridized carbons (Fsp3) is 0.467. The summed E-state index contributed by atoms with van der Waals surface area (Å²) in [6, 6.07) is 0.